The molecule has 0 aliphatic heterocycles. The van der Waals surface area contributed by atoms with Crippen LogP contribution in [-0.4, -0.2) is 73.4 Å². The number of carbonyl (C=O) groups is 1. The number of aliphatic hydroxyl groups is 1. The molecule has 3 atom stereocenters. The number of rotatable bonds is 42. The number of phosphoric acid groups is 1. The van der Waals surface area contributed by atoms with Crippen LogP contribution in [0.3, 0.4) is 0 Å². The van der Waals surface area contributed by atoms with Crippen LogP contribution in [-0.2, 0) is 18.4 Å². The van der Waals surface area contributed by atoms with E-state index in [9.17, 15) is 19.4 Å². The molecule has 334 valence electrons. The molecule has 8 nitrogen and oxygen atoms in total. The standard InChI is InChI=1S/C48H91N2O6P/c1-6-8-10-12-14-15-16-17-18-19-20-21-22-23-24-25-26-27-28-29-30-31-32-33-34-35-36-38-40-42-48(52)49-46(47(51)41-39-37-13-11-9-7-2)45-56-57(53,54)55-44-43-50(3,4)5/h8,10,14-15,17-18,20-21,46-47,51H,6-7,9,11-13,16,19,22-45H2,1-5H3,(H-,49,52,53,54)/p+1/b10-8-,15-14-,18-17-,21-20-. The Hall–Kier alpha value is -1.54. The lowest BCUT2D eigenvalue weighted by Gasteiger charge is -2.26. The Morgan fingerprint density at radius 3 is 1.54 bits per heavy atom. The number of hydrogen-bond donors (Lipinski definition) is 3. The highest BCUT2D eigenvalue weighted by Crippen LogP contribution is 2.43. The van der Waals surface area contributed by atoms with Crippen molar-refractivity contribution in [1.82, 2.24) is 5.32 Å². The number of hydrogen-bond acceptors (Lipinski definition) is 5. The summed E-state index contributed by atoms with van der Waals surface area (Å²) in [6.45, 7) is 4.70. The summed E-state index contributed by atoms with van der Waals surface area (Å²) in [6, 6.07) is -0.756. The molecule has 57 heavy (non-hydrogen) atoms. The first-order valence-corrected chi connectivity index (χ1v) is 25.0. The zero-order valence-electron chi connectivity index (χ0n) is 37.8. The van der Waals surface area contributed by atoms with E-state index in [1.54, 1.807) is 0 Å². The molecular formula is C48H92N2O6P+. The van der Waals surface area contributed by atoms with Gasteiger partial charge in [-0.3, -0.25) is 13.8 Å². The minimum absolute atomic E-state index is 0.0736. The van der Waals surface area contributed by atoms with Gasteiger partial charge in [0.05, 0.1) is 39.9 Å². The fourth-order valence-electron chi connectivity index (χ4n) is 6.62. The van der Waals surface area contributed by atoms with Crippen LogP contribution in [0.2, 0.25) is 0 Å². The van der Waals surface area contributed by atoms with Crippen molar-refractivity contribution in [2.45, 2.75) is 212 Å². The predicted octanol–water partition coefficient (Wildman–Crippen LogP) is 13.2. The minimum Gasteiger partial charge on any atom is -0.391 e. The average Bonchev–Trinajstić information content (AvgIpc) is 3.16. The van der Waals surface area contributed by atoms with Crippen LogP contribution < -0.4 is 5.32 Å². The molecule has 0 saturated carbocycles. The first kappa shape index (κ1) is 55.5. The molecule has 0 aliphatic carbocycles. The number of allylic oxidation sites excluding steroid dienone is 8. The van der Waals surface area contributed by atoms with E-state index in [0.29, 0.717) is 23.9 Å². The maximum Gasteiger partial charge on any atom is 0.472 e. The number of aliphatic hydroxyl groups excluding tert-OH is 1. The molecule has 0 aromatic carbocycles. The molecule has 3 unspecified atom stereocenters. The average molecular weight is 824 g/mol. The second-order valence-corrected chi connectivity index (χ2v) is 18.6. The molecule has 0 aromatic rings. The number of quaternary nitrogens is 1. The molecule has 0 saturated heterocycles. The minimum atomic E-state index is -4.30. The molecule has 0 rings (SSSR count). The van der Waals surface area contributed by atoms with Crippen LogP contribution in [0.4, 0.5) is 0 Å². The van der Waals surface area contributed by atoms with Crippen LogP contribution in [0, 0.1) is 0 Å². The molecule has 0 aliphatic rings. The van der Waals surface area contributed by atoms with E-state index in [1.807, 2.05) is 21.1 Å². The molecule has 3 N–H and O–H groups in total. The summed E-state index contributed by atoms with van der Waals surface area (Å²) in [5.41, 5.74) is 0. The van der Waals surface area contributed by atoms with Crippen molar-refractivity contribution in [3.05, 3.63) is 48.6 Å². The summed E-state index contributed by atoms with van der Waals surface area (Å²) in [5, 5.41) is 13.8. The molecule has 0 spiro atoms. The van der Waals surface area contributed by atoms with Crippen molar-refractivity contribution in [3.8, 4) is 0 Å². The lowest BCUT2D eigenvalue weighted by Crippen LogP contribution is -2.46. The van der Waals surface area contributed by atoms with E-state index < -0.39 is 20.0 Å². The zero-order chi connectivity index (χ0) is 42.1. The molecule has 0 radical (unpaired) electrons. The summed E-state index contributed by atoms with van der Waals surface area (Å²) in [4.78, 5) is 23.0. The highest BCUT2D eigenvalue weighted by atomic mass is 31.2. The van der Waals surface area contributed by atoms with Crippen molar-refractivity contribution in [1.29, 1.82) is 0 Å². The predicted molar refractivity (Wildman–Crippen MR) is 244 cm³/mol. The normalized spacial score (nSPS) is 14.7. The molecule has 0 fully saturated rings. The first-order chi connectivity index (χ1) is 27.5. The van der Waals surface area contributed by atoms with Gasteiger partial charge in [-0.05, 0) is 51.4 Å². The lowest BCUT2D eigenvalue weighted by atomic mass is 10.0. The largest absolute Gasteiger partial charge is 0.472 e. The van der Waals surface area contributed by atoms with Gasteiger partial charge in [0.25, 0.3) is 0 Å². The molecule has 0 aromatic heterocycles. The third-order valence-electron chi connectivity index (χ3n) is 10.3. The number of unbranched alkanes of at least 4 members (excludes halogenated alkanes) is 21. The Balaban J connectivity index is 3.94. The van der Waals surface area contributed by atoms with Crippen molar-refractivity contribution < 1.29 is 32.9 Å². The van der Waals surface area contributed by atoms with Gasteiger partial charge in [-0.1, -0.05) is 191 Å². The zero-order valence-corrected chi connectivity index (χ0v) is 38.7. The van der Waals surface area contributed by atoms with Gasteiger partial charge in [0.2, 0.25) is 5.91 Å². The summed E-state index contributed by atoms with van der Waals surface area (Å²) in [6.07, 6.45) is 50.4. The van der Waals surface area contributed by atoms with Crippen molar-refractivity contribution >= 4 is 13.7 Å². The fourth-order valence-corrected chi connectivity index (χ4v) is 7.36. The van der Waals surface area contributed by atoms with Gasteiger partial charge in [-0.2, -0.15) is 0 Å². The molecule has 0 heterocycles. The van der Waals surface area contributed by atoms with Gasteiger partial charge >= 0.3 is 7.82 Å². The van der Waals surface area contributed by atoms with E-state index in [0.717, 1.165) is 64.2 Å². The fraction of sp³-hybridized carbons (Fsp3) is 0.812. The Bertz CT molecular complexity index is 1070. The number of nitrogens with zero attached hydrogens (tertiary/aromatic N) is 1. The van der Waals surface area contributed by atoms with Crippen molar-refractivity contribution in [2.75, 3.05) is 40.9 Å². The van der Waals surface area contributed by atoms with E-state index in [1.165, 1.54) is 109 Å². The molecular weight excluding hydrogens is 732 g/mol. The highest BCUT2D eigenvalue weighted by molar-refractivity contribution is 7.47. The molecule has 9 heteroatoms. The van der Waals surface area contributed by atoms with Gasteiger partial charge in [-0.25, -0.2) is 4.57 Å². The molecule has 0 bridgehead atoms. The quantitative estimate of drug-likeness (QED) is 0.0245. The highest BCUT2D eigenvalue weighted by Gasteiger charge is 2.28. The van der Waals surface area contributed by atoms with Crippen LogP contribution in [0.15, 0.2) is 48.6 Å². The number of nitrogens with one attached hydrogen (secondary N) is 1. The Morgan fingerprint density at radius 1 is 0.614 bits per heavy atom. The number of amides is 1. The van der Waals surface area contributed by atoms with Gasteiger partial charge in [0.1, 0.15) is 13.2 Å². The summed E-state index contributed by atoms with van der Waals surface area (Å²) in [7, 11) is 1.61. The summed E-state index contributed by atoms with van der Waals surface area (Å²) < 4.78 is 23.5. The Labute approximate surface area is 352 Å². The van der Waals surface area contributed by atoms with Crippen LogP contribution in [0.5, 0.6) is 0 Å². The Morgan fingerprint density at radius 2 is 1.05 bits per heavy atom. The Kier molecular flexibility index (Phi) is 38.8. The van der Waals surface area contributed by atoms with Crippen molar-refractivity contribution in [3.63, 3.8) is 0 Å². The second kappa shape index (κ2) is 39.9. The van der Waals surface area contributed by atoms with Crippen LogP contribution in [0.1, 0.15) is 200 Å². The van der Waals surface area contributed by atoms with Gasteiger partial charge in [-0.15, -0.1) is 0 Å². The second-order valence-electron chi connectivity index (χ2n) is 17.1. The smallest absolute Gasteiger partial charge is 0.391 e. The maximum atomic E-state index is 12.8. The van der Waals surface area contributed by atoms with E-state index in [-0.39, 0.29) is 19.1 Å². The third kappa shape index (κ3) is 42.4. The first-order valence-electron chi connectivity index (χ1n) is 23.5. The van der Waals surface area contributed by atoms with Gasteiger partial charge in [0.15, 0.2) is 0 Å². The van der Waals surface area contributed by atoms with Crippen molar-refractivity contribution in [2.24, 2.45) is 0 Å². The lowest BCUT2D eigenvalue weighted by molar-refractivity contribution is -0.870. The summed E-state index contributed by atoms with van der Waals surface area (Å²) in [5.74, 6) is -0.151. The maximum absolute atomic E-state index is 12.8. The van der Waals surface area contributed by atoms with Crippen LogP contribution >= 0.6 is 7.82 Å². The van der Waals surface area contributed by atoms with Crippen LogP contribution in [0.25, 0.3) is 0 Å². The number of likely N-dealkylation sites (N-methyl/N-ethyl adjacent to an activating group) is 1. The molecule has 1 amide bonds. The summed E-state index contributed by atoms with van der Waals surface area (Å²) >= 11 is 0. The van der Waals surface area contributed by atoms with E-state index in [4.69, 9.17) is 9.05 Å². The number of phosphoric ester groups is 1. The van der Waals surface area contributed by atoms with E-state index in [2.05, 4.69) is 67.8 Å². The van der Waals surface area contributed by atoms with E-state index >= 15 is 0 Å². The topological polar surface area (TPSA) is 105 Å². The SMILES string of the molecule is CC/C=C\C/C=C\C/C=C\C/C=C\CCCCCCCCCCCCCCCCCCC(=O)NC(COP(=O)(O)OCC[N+](C)(C)C)C(O)CCCCCCCC. The van der Waals surface area contributed by atoms with Gasteiger partial charge in [0, 0.05) is 6.42 Å². The van der Waals surface area contributed by atoms with Gasteiger partial charge < -0.3 is 19.8 Å². The third-order valence-corrected chi connectivity index (χ3v) is 11.3. The number of carbonyl (C=O) groups excluding carboxylic acids is 1. The monoisotopic (exact) mass is 824 g/mol.